The fraction of sp³-hybridized carbons (Fsp3) is 0.250. The van der Waals surface area contributed by atoms with E-state index in [-0.39, 0.29) is 0 Å². The number of hydrogen-bond acceptors (Lipinski definition) is 3. The average Bonchev–Trinajstić information content (AvgIpc) is 2.89. The fourth-order valence-electron chi connectivity index (χ4n) is 2.00. The quantitative estimate of drug-likeness (QED) is 0.824. The summed E-state index contributed by atoms with van der Waals surface area (Å²) in [6, 6.07) is 7.90. The molecule has 0 saturated heterocycles. The summed E-state index contributed by atoms with van der Waals surface area (Å²) >= 11 is 0. The van der Waals surface area contributed by atoms with Crippen molar-refractivity contribution in [2.45, 2.75) is 13.1 Å². The molecule has 4 nitrogen and oxygen atoms in total. The number of hydrogen-bond donors (Lipinski definition) is 1. The van der Waals surface area contributed by atoms with Gasteiger partial charge >= 0.3 is 0 Å². The summed E-state index contributed by atoms with van der Waals surface area (Å²) in [7, 11) is 1.68. The molecule has 1 N–H and O–H groups in total. The van der Waals surface area contributed by atoms with E-state index in [4.69, 9.17) is 4.74 Å². The smallest absolute Gasteiger partial charge is 0.144 e. The van der Waals surface area contributed by atoms with Crippen LogP contribution in [-0.4, -0.2) is 16.9 Å². The maximum Gasteiger partial charge on any atom is 0.144 e. The molecule has 0 aliphatic carbocycles. The molecule has 0 radical (unpaired) electrons. The Labute approximate surface area is 93.8 Å². The number of ether oxygens (including phenoxy) is 1. The van der Waals surface area contributed by atoms with Crippen LogP contribution in [0.15, 0.2) is 30.5 Å². The summed E-state index contributed by atoms with van der Waals surface area (Å²) in [6.07, 6.45) is 2.06. The van der Waals surface area contributed by atoms with Gasteiger partial charge in [0.1, 0.15) is 11.4 Å². The number of fused-ring (bicyclic) bond motifs is 1. The number of nitrogens with zero attached hydrogens (tertiary/aromatic N) is 2. The summed E-state index contributed by atoms with van der Waals surface area (Å²) in [4.78, 5) is 0. The molecule has 4 heteroatoms. The predicted molar refractivity (Wildman–Crippen MR) is 60.7 cm³/mol. The van der Waals surface area contributed by atoms with Gasteiger partial charge in [0.25, 0.3) is 0 Å². The number of methoxy groups -OCH3 is 1. The minimum Gasteiger partial charge on any atom is -0.494 e. The van der Waals surface area contributed by atoms with E-state index in [2.05, 4.69) is 16.6 Å². The van der Waals surface area contributed by atoms with Crippen molar-refractivity contribution in [1.82, 2.24) is 15.1 Å². The highest BCUT2D eigenvalue weighted by Gasteiger charge is 2.16. The maximum absolute atomic E-state index is 5.32. The van der Waals surface area contributed by atoms with Crippen molar-refractivity contribution >= 4 is 0 Å². The van der Waals surface area contributed by atoms with E-state index in [0.29, 0.717) is 0 Å². The van der Waals surface area contributed by atoms with E-state index in [1.165, 1.54) is 5.56 Å². The molecule has 0 atom stereocenters. The Bertz CT molecular complexity index is 497. The van der Waals surface area contributed by atoms with Gasteiger partial charge in [-0.25, -0.2) is 4.68 Å². The molecule has 1 aliphatic rings. The second kappa shape index (κ2) is 3.64. The largest absolute Gasteiger partial charge is 0.494 e. The van der Waals surface area contributed by atoms with Crippen molar-refractivity contribution in [2.75, 3.05) is 7.11 Å². The number of rotatable bonds is 2. The Morgan fingerprint density at radius 1 is 1.31 bits per heavy atom. The number of aromatic nitrogens is 2. The van der Waals surface area contributed by atoms with Crippen LogP contribution in [0.1, 0.15) is 11.3 Å². The third-order valence-electron chi connectivity index (χ3n) is 2.82. The van der Waals surface area contributed by atoms with Crippen LogP contribution in [0.5, 0.6) is 5.75 Å². The molecule has 82 valence electrons. The molecule has 2 heterocycles. The van der Waals surface area contributed by atoms with Crippen molar-refractivity contribution in [3.05, 3.63) is 41.7 Å². The van der Waals surface area contributed by atoms with E-state index in [9.17, 15) is 0 Å². The van der Waals surface area contributed by atoms with Crippen LogP contribution < -0.4 is 10.1 Å². The normalized spacial score (nSPS) is 13.8. The Balaban J connectivity index is 2.08. The summed E-state index contributed by atoms with van der Waals surface area (Å²) in [5.74, 6) is 0.844. The molecule has 0 saturated carbocycles. The lowest BCUT2D eigenvalue weighted by Gasteiger charge is -2.07. The van der Waals surface area contributed by atoms with Crippen molar-refractivity contribution in [2.24, 2.45) is 0 Å². The van der Waals surface area contributed by atoms with Gasteiger partial charge in [0.2, 0.25) is 0 Å². The maximum atomic E-state index is 5.32. The molecule has 0 unspecified atom stereocenters. The third-order valence-corrected chi connectivity index (χ3v) is 2.82. The van der Waals surface area contributed by atoms with Crippen LogP contribution in [0.3, 0.4) is 0 Å². The number of benzene rings is 1. The zero-order chi connectivity index (χ0) is 11.0. The van der Waals surface area contributed by atoms with Gasteiger partial charge in [-0.3, -0.25) is 0 Å². The predicted octanol–water partition coefficient (Wildman–Crippen LogP) is 1.48. The zero-order valence-electron chi connectivity index (χ0n) is 9.10. The van der Waals surface area contributed by atoms with Crippen LogP contribution in [0.2, 0.25) is 0 Å². The van der Waals surface area contributed by atoms with Crippen LogP contribution in [0.25, 0.3) is 5.69 Å². The van der Waals surface area contributed by atoms with Gasteiger partial charge in [-0.2, -0.15) is 5.10 Å². The minimum absolute atomic E-state index is 0.844. The van der Waals surface area contributed by atoms with Gasteiger partial charge < -0.3 is 10.1 Å². The molecule has 0 amide bonds. The van der Waals surface area contributed by atoms with Crippen molar-refractivity contribution in [1.29, 1.82) is 0 Å². The molecule has 0 spiro atoms. The molecular weight excluding hydrogens is 202 g/mol. The zero-order valence-corrected chi connectivity index (χ0v) is 9.10. The molecule has 16 heavy (non-hydrogen) atoms. The SMILES string of the molecule is COc1ccccc1-n1cc2c(n1)CNC2. The highest BCUT2D eigenvalue weighted by atomic mass is 16.5. The average molecular weight is 215 g/mol. The first kappa shape index (κ1) is 9.42. The van der Waals surface area contributed by atoms with E-state index in [0.717, 1.165) is 30.2 Å². The number of para-hydroxylation sites is 2. The van der Waals surface area contributed by atoms with Crippen LogP contribution in [0, 0.1) is 0 Å². The molecule has 0 fully saturated rings. The van der Waals surface area contributed by atoms with Gasteiger partial charge in [-0.1, -0.05) is 12.1 Å². The van der Waals surface area contributed by atoms with E-state index < -0.39 is 0 Å². The van der Waals surface area contributed by atoms with Crippen LogP contribution >= 0.6 is 0 Å². The Morgan fingerprint density at radius 3 is 3.00 bits per heavy atom. The Morgan fingerprint density at radius 2 is 2.19 bits per heavy atom. The van der Waals surface area contributed by atoms with Gasteiger partial charge in [0.15, 0.2) is 0 Å². The first-order valence-electron chi connectivity index (χ1n) is 5.30. The molecule has 3 rings (SSSR count). The lowest BCUT2D eigenvalue weighted by atomic mass is 10.3. The third kappa shape index (κ3) is 1.39. The molecule has 1 aromatic carbocycles. The fourth-order valence-corrected chi connectivity index (χ4v) is 2.00. The minimum atomic E-state index is 0.844. The summed E-state index contributed by atoms with van der Waals surface area (Å²) in [6.45, 7) is 1.77. The van der Waals surface area contributed by atoms with Gasteiger partial charge in [-0.05, 0) is 12.1 Å². The van der Waals surface area contributed by atoms with E-state index in [1.54, 1.807) is 7.11 Å². The lowest BCUT2D eigenvalue weighted by Crippen LogP contribution is -2.05. The number of nitrogens with one attached hydrogen (secondary N) is 1. The first-order valence-corrected chi connectivity index (χ1v) is 5.30. The Hall–Kier alpha value is -1.81. The van der Waals surface area contributed by atoms with Crippen molar-refractivity contribution in [3.8, 4) is 11.4 Å². The van der Waals surface area contributed by atoms with Gasteiger partial charge in [0, 0.05) is 24.8 Å². The molecule has 1 aliphatic heterocycles. The topological polar surface area (TPSA) is 39.1 Å². The second-order valence-corrected chi connectivity index (χ2v) is 3.82. The van der Waals surface area contributed by atoms with Crippen molar-refractivity contribution < 1.29 is 4.74 Å². The van der Waals surface area contributed by atoms with Gasteiger partial charge in [0.05, 0.1) is 12.8 Å². The summed E-state index contributed by atoms with van der Waals surface area (Å²) in [5, 5.41) is 7.81. The van der Waals surface area contributed by atoms with E-state index >= 15 is 0 Å². The monoisotopic (exact) mass is 215 g/mol. The highest BCUT2D eigenvalue weighted by Crippen LogP contribution is 2.23. The molecular formula is C12H13N3O. The molecule has 0 bridgehead atoms. The lowest BCUT2D eigenvalue weighted by molar-refractivity contribution is 0.411. The second-order valence-electron chi connectivity index (χ2n) is 3.82. The van der Waals surface area contributed by atoms with Gasteiger partial charge in [-0.15, -0.1) is 0 Å². The van der Waals surface area contributed by atoms with Crippen LogP contribution in [0.4, 0.5) is 0 Å². The summed E-state index contributed by atoms with van der Waals surface area (Å²) < 4.78 is 7.22. The molecule has 1 aromatic heterocycles. The standard InChI is InChI=1S/C12H13N3O/c1-16-12-5-3-2-4-11(12)15-8-9-6-13-7-10(9)14-15/h2-5,8,13H,6-7H2,1H3. The molecule has 2 aromatic rings. The highest BCUT2D eigenvalue weighted by molar-refractivity contribution is 5.46. The van der Waals surface area contributed by atoms with Crippen LogP contribution in [-0.2, 0) is 13.1 Å². The van der Waals surface area contributed by atoms with Crippen molar-refractivity contribution in [3.63, 3.8) is 0 Å². The summed E-state index contributed by atoms with van der Waals surface area (Å²) in [5.41, 5.74) is 3.39. The van der Waals surface area contributed by atoms with E-state index in [1.807, 2.05) is 28.9 Å². The first-order chi connectivity index (χ1) is 7.88. The Kier molecular flexibility index (Phi) is 2.15.